The Morgan fingerprint density at radius 1 is 1.42 bits per heavy atom. The number of primary amides is 1. The summed E-state index contributed by atoms with van der Waals surface area (Å²) in [4.78, 5) is 24.2. The van der Waals surface area contributed by atoms with Crippen molar-refractivity contribution in [1.82, 2.24) is 0 Å². The van der Waals surface area contributed by atoms with Crippen LogP contribution in [0.5, 0.6) is 0 Å². The third-order valence-electron chi connectivity index (χ3n) is 3.52. The summed E-state index contributed by atoms with van der Waals surface area (Å²) in [6.07, 6.45) is 1.56. The summed E-state index contributed by atoms with van der Waals surface area (Å²) in [5.74, 6) is -1.18. The van der Waals surface area contributed by atoms with E-state index >= 15 is 0 Å². The van der Waals surface area contributed by atoms with Gasteiger partial charge in [0.2, 0.25) is 5.91 Å². The maximum atomic E-state index is 14.0. The van der Waals surface area contributed by atoms with Crippen molar-refractivity contribution in [2.75, 3.05) is 18.0 Å². The Morgan fingerprint density at radius 3 is 2.74 bits per heavy atom. The molecule has 5 heteroatoms. The zero-order valence-corrected chi connectivity index (χ0v) is 10.9. The predicted molar refractivity (Wildman–Crippen MR) is 70.5 cm³/mol. The predicted octanol–water partition coefficient (Wildman–Crippen LogP) is 1.73. The lowest BCUT2D eigenvalue weighted by Crippen LogP contribution is -2.41. The fourth-order valence-corrected chi connectivity index (χ4v) is 2.41. The average Bonchev–Trinajstić information content (AvgIpc) is 2.38. The van der Waals surface area contributed by atoms with Gasteiger partial charge >= 0.3 is 0 Å². The quantitative estimate of drug-likeness (QED) is 0.846. The molecule has 1 amide bonds. The van der Waals surface area contributed by atoms with Crippen LogP contribution in [0.2, 0.25) is 0 Å². The molecular weight excluding hydrogens is 247 g/mol. The highest BCUT2D eigenvalue weighted by molar-refractivity contribution is 5.94. The van der Waals surface area contributed by atoms with Gasteiger partial charge in [0, 0.05) is 18.7 Å². The van der Waals surface area contributed by atoms with Gasteiger partial charge < -0.3 is 10.6 Å². The molecule has 1 aromatic rings. The van der Waals surface area contributed by atoms with Gasteiger partial charge in [-0.1, -0.05) is 0 Å². The molecule has 0 spiro atoms. The smallest absolute Gasteiger partial charge is 0.222 e. The van der Waals surface area contributed by atoms with Crippen LogP contribution in [0, 0.1) is 11.7 Å². The normalized spacial score (nSPS) is 19.3. The highest BCUT2D eigenvalue weighted by Crippen LogP contribution is 2.26. The number of hydrogen-bond acceptors (Lipinski definition) is 3. The number of nitrogens with zero attached hydrogens (tertiary/aromatic N) is 1. The molecule has 1 unspecified atom stereocenters. The Kier molecular flexibility index (Phi) is 3.83. The van der Waals surface area contributed by atoms with Crippen LogP contribution in [0.25, 0.3) is 0 Å². The first kappa shape index (κ1) is 13.5. The van der Waals surface area contributed by atoms with E-state index in [0.717, 1.165) is 12.8 Å². The molecule has 4 nitrogen and oxygen atoms in total. The summed E-state index contributed by atoms with van der Waals surface area (Å²) in [5.41, 5.74) is 6.08. The minimum Gasteiger partial charge on any atom is -0.369 e. The molecule has 0 bridgehead atoms. The molecule has 1 aromatic carbocycles. The Morgan fingerprint density at radius 2 is 2.16 bits per heavy atom. The molecule has 0 radical (unpaired) electrons. The second-order valence-corrected chi connectivity index (χ2v) is 4.91. The topological polar surface area (TPSA) is 63.4 Å². The van der Waals surface area contributed by atoms with E-state index in [4.69, 9.17) is 5.73 Å². The fraction of sp³-hybridized carbons (Fsp3) is 0.429. The second kappa shape index (κ2) is 5.38. The summed E-state index contributed by atoms with van der Waals surface area (Å²) >= 11 is 0. The highest BCUT2D eigenvalue weighted by atomic mass is 19.1. The Hall–Kier alpha value is -1.91. The van der Waals surface area contributed by atoms with Gasteiger partial charge in [0.1, 0.15) is 5.82 Å². The largest absolute Gasteiger partial charge is 0.369 e. The molecule has 1 aliphatic heterocycles. The van der Waals surface area contributed by atoms with Crippen LogP contribution in [0.4, 0.5) is 10.1 Å². The molecule has 1 saturated heterocycles. The standard InChI is InChI=1S/C14H17FN2O2/c1-9(18)10-4-5-13(12(15)7-10)17-6-2-3-11(8-17)14(16)19/h4-5,7,11H,2-3,6,8H2,1H3,(H2,16,19). The number of Topliss-reactive ketones (excluding diaryl/α,β-unsaturated/α-hetero) is 1. The van der Waals surface area contributed by atoms with Crippen LogP contribution in [0.1, 0.15) is 30.1 Å². The van der Waals surface area contributed by atoms with Gasteiger partial charge in [0.15, 0.2) is 5.78 Å². The van der Waals surface area contributed by atoms with E-state index in [2.05, 4.69) is 0 Å². The van der Waals surface area contributed by atoms with Crippen molar-refractivity contribution in [3.8, 4) is 0 Å². The molecule has 102 valence electrons. The lowest BCUT2D eigenvalue weighted by atomic mass is 9.97. The van der Waals surface area contributed by atoms with Gasteiger partial charge in [-0.15, -0.1) is 0 Å². The molecule has 0 saturated carbocycles. The minimum atomic E-state index is -0.433. The number of benzene rings is 1. The third kappa shape index (κ3) is 2.92. The first-order valence-corrected chi connectivity index (χ1v) is 6.34. The maximum absolute atomic E-state index is 14.0. The van der Waals surface area contributed by atoms with E-state index in [1.807, 2.05) is 4.90 Å². The number of carbonyl (C=O) groups excluding carboxylic acids is 2. The van der Waals surface area contributed by atoms with Crippen LogP contribution >= 0.6 is 0 Å². The van der Waals surface area contributed by atoms with Gasteiger partial charge in [-0.2, -0.15) is 0 Å². The van der Waals surface area contributed by atoms with Gasteiger partial charge in [0.25, 0.3) is 0 Å². The number of amides is 1. The molecule has 1 heterocycles. The Labute approximate surface area is 111 Å². The monoisotopic (exact) mass is 264 g/mol. The van der Waals surface area contributed by atoms with Gasteiger partial charge in [-0.05, 0) is 38.0 Å². The summed E-state index contributed by atoms with van der Waals surface area (Å²) in [6.45, 7) is 2.53. The highest BCUT2D eigenvalue weighted by Gasteiger charge is 2.25. The number of piperidine rings is 1. The zero-order chi connectivity index (χ0) is 14.0. The van der Waals surface area contributed by atoms with Gasteiger partial charge in [0.05, 0.1) is 11.6 Å². The van der Waals surface area contributed by atoms with Crippen LogP contribution < -0.4 is 10.6 Å². The number of halogens is 1. The molecule has 19 heavy (non-hydrogen) atoms. The Bertz CT molecular complexity index is 516. The summed E-state index contributed by atoms with van der Waals surface area (Å²) in [6, 6.07) is 4.44. The zero-order valence-electron chi connectivity index (χ0n) is 10.9. The van der Waals surface area contributed by atoms with Crippen molar-refractivity contribution in [3.63, 3.8) is 0 Å². The number of nitrogens with two attached hydrogens (primary N) is 1. The molecule has 1 atom stereocenters. The number of anilines is 1. The summed E-state index contributed by atoms with van der Waals surface area (Å²) in [7, 11) is 0. The minimum absolute atomic E-state index is 0.167. The lowest BCUT2D eigenvalue weighted by Gasteiger charge is -2.33. The Balaban J connectivity index is 2.22. The second-order valence-electron chi connectivity index (χ2n) is 4.91. The van der Waals surface area contributed by atoms with Crippen molar-refractivity contribution >= 4 is 17.4 Å². The van der Waals surface area contributed by atoms with Crippen molar-refractivity contribution in [1.29, 1.82) is 0 Å². The van der Waals surface area contributed by atoms with Crippen LogP contribution in [0.15, 0.2) is 18.2 Å². The number of ketones is 1. The molecule has 0 aliphatic carbocycles. The first-order chi connectivity index (χ1) is 8.99. The van der Waals surface area contributed by atoms with E-state index in [1.165, 1.54) is 13.0 Å². The van der Waals surface area contributed by atoms with E-state index in [9.17, 15) is 14.0 Å². The van der Waals surface area contributed by atoms with Crippen molar-refractivity contribution < 1.29 is 14.0 Å². The molecule has 2 N–H and O–H groups in total. The third-order valence-corrected chi connectivity index (χ3v) is 3.52. The maximum Gasteiger partial charge on any atom is 0.222 e. The van der Waals surface area contributed by atoms with Crippen molar-refractivity contribution in [2.24, 2.45) is 11.7 Å². The van der Waals surface area contributed by atoms with Crippen LogP contribution in [0.3, 0.4) is 0 Å². The fourth-order valence-electron chi connectivity index (χ4n) is 2.41. The molecule has 2 rings (SSSR count). The van der Waals surface area contributed by atoms with E-state index in [0.29, 0.717) is 24.3 Å². The number of hydrogen-bond donors (Lipinski definition) is 1. The van der Waals surface area contributed by atoms with Crippen LogP contribution in [-0.2, 0) is 4.79 Å². The lowest BCUT2D eigenvalue weighted by molar-refractivity contribution is -0.122. The van der Waals surface area contributed by atoms with Gasteiger partial charge in [-0.25, -0.2) is 4.39 Å². The summed E-state index contributed by atoms with van der Waals surface area (Å²) in [5, 5.41) is 0. The van der Waals surface area contributed by atoms with E-state index in [-0.39, 0.29) is 17.6 Å². The average molecular weight is 264 g/mol. The molecule has 0 aromatic heterocycles. The van der Waals surface area contributed by atoms with Crippen molar-refractivity contribution in [3.05, 3.63) is 29.6 Å². The number of rotatable bonds is 3. The first-order valence-electron chi connectivity index (χ1n) is 6.34. The van der Waals surface area contributed by atoms with Crippen LogP contribution in [-0.4, -0.2) is 24.8 Å². The van der Waals surface area contributed by atoms with Gasteiger partial charge in [-0.3, -0.25) is 9.59 Å². The SMILES string of the molecule is CC(=O)c1ccc(N2CCCC(C(N)=O)C2)c(F)c1. The van der Waals surface area contributed by atoms with E-state index in [1.54, 1.807) is 12.1 Å². The van der Waals surface area contributed by atoms with E-state index < -0.39 is 5.82 Å². The molecular formula is C14H17FN2O2. The summed E-state index contributed by atoms with van der Waals surface area (Å²) < 4.78 is 14.0. The number of carbonyl (C=O) groups is 2. The molecule has 1 aliphatic rings. The molecule has 1 fully saturated rings. The van der Waals surface area contributed by atoms with Crippen molar-refractivity contribution in [2.45, 2.75) is 19.8 Å².